The van der Waals surface area contributed by atoms with Gasteiger partial charge in [-0.15, -0.1) is 34.2 Å². The lowest BCUT2D eigenvalue weighted by Crippen LogP contribution is -2.48. The second-order valence-corrected chi connectivity index (χ2v) is 6.61. The van der Waals surface area contributed by atoms with E-state index in [2.05, 4.69) is 56.6 Å². The molecule has 1 aliphatic rings. The first-order valence-electron chi connectivity index (χ1n) is 9.17. The predicted molar refractivity (Wildman–Crippen MR) is 120 cm³/mol. The molecule has 7 nitrogen and oxygen atoms in total. The van der Waals surface area contributed by atoms with Crippen LogP contribution in [0.4, 0.5) is 0 Å². The first kappa shape index (κ1) is 20.5. The van der Waals surface area contributed by atoms with Crippen LogP contribution >= 0.6 is 24.0 Å². The number of nitrogens with zero attached hydrogens (tertiary/aromatic N) is 5. The van der Waals surface area contributed by atoms with Crippen LogP contribution in [0.1, 0.15) is 23.1 Å². The van der Waals surface area contributed by atoms with Gasteiger partial charge >= 0.3 is 0 Å². The minimum absolute atomic E-state index is 0. The second-order valence-electron chi connectivity index (χ2n) is 6.61. The highest BCUT2D eigenvalue weighted by Gasteiger charge is 2.25. The SMILES string of the molecule is CN=C(NCc1nnc2ccccn12)N1CCOC(c2ccccc2C)C1.I. The fourth-order valence-corrected chi connectivity index (χ4v) is 3.48. The molecule has 8 heteroatoms. The van der Waals surface area contributed by atoms with Crippen molar-refractivity contribution in [1.82, 2.24) is 24.8 Å². The molecule has 0 spiro atoms. The Morgan fingerprint density at radius 1 is 1.21 bits per heavy atom. The van der Waals surface area contributed by atoms with E-state index >= 15 is 0 Å². The minimum Gasteiger partial charge on any atom is -0.370 e. The summed E-state index contributed by atoms with van der Waals surface area (Å²) in [7, 11) is 1.81. The topological polar surface area (TPSA) is 67.0 Å². The quantitative estimate of drug-likeness (QED) is 0.346. The Hall–Kier alpha value is -2.20. The van der Waals surface area contributed by atoms with Gasteiger partial charge in [-0.25, -0.2) is 0 Å². The molecule has 3 aromatic rings. The number of aliphatic imine (C=N–C) groups is 1. The zero-order valence-corrected chi connectivity index (χ0v) is 18.4. The molecule has 0 radical (unpaired) electrons. The van der Waals surface area contributed by atoms with E-state index in [9.17, 15) is 0 Å². The van der Waals surface area contributed by atoms with Crippen molar-refractivity contribution in [1.29, 1.82) is 0 Å². The summed E-state index contributed by atoms with van der Waals surface area (Å²) in [5, 5.41) is 11.9. The van der Waals surface area contributed by atoms with E-state index in [1.165, 1.54) is 11.1 Å². The van der Waals surface area contributed by atoms with E-state index in [1.54, 1.807) is 0 Å². The lowest BCUT2D eigenvalue weighted by Gasteiger charge is -2.35. The van der Waals surface area contributed by atoms with Gasteiger partial charge in [0.1, 0.15) is 6.10 Å². The summed E-state index contributed by atoms with van der Waals surface area (Å²) in [6.45, 7) is 4.94. The first-order valence-corrected chi connectivity index (χ1v) is 9.17. The number of ether oxygens (including phenoxy) is 1. The van der Waals surface area contributed by atoms with Crippen LogP contribution in [0.15, 0.2) is 53.7 Å². The number of hydrogen-bond acceptors (Lipinski definition) is 4. The Kier molecular flexibility index (Phi) is 6.84. The molecule has 3 heterocycles. The second kappa shape index (κ2) is 9.33. The van der Waals surface area contributed by atoms with Crippen LogP contribution in [0.2, 0.25) is 0 Å². The third-order valence-electron chi connectivity index (χ3n) is 4.90. The Labute approximate surface area is 181 Å². The van der Waals surface area contributed by atoms with Crippen molar-refractivity contribution in [3.8, 4) is 0 Å². The lowest BCUT2D eigenvalue weighted by molar-refractivity contribution is -0.00835. The van der Waals surface area contributed by atoms with E-state index in [4.69, 9.17) is 4.74 Å². The Morgan fingerprint density at radius 3 is 2.86 bits per heavy atom. The molecule has 1 aliphatic heterocycles. The fraction of sp³-hybridized carbons (Fsp3) is 0.350. The summed E-state index contributed by atoms with van der Waals surface area (Å²) in [6, 6.07) is 14.3. The van der Waals surface area contributed by atoms with Crippen LogP contribution in [0.5, 0.6) is 0 Å². The number of pyridine rings is 1. The molecule has 1 unspecified atom stereocenters. The van der Waals surface area contributed by atoms with Crippen LogP contribution in [-0.4, -0.2) is 52.2 Å². The smallest absolute Gasteiger partial charge is 0.194 e. The molecule has 1 saturated heterocycles. The molecular formula is C20H25IN6O. The van der Waals surface area contributed by atoms with Gasteiger partial charge in [0.25, 0.3) is 0 Å². The van der Waals surface area contributed by atoms with Gasteiger partial charge in [0.05, 0.1) is 19.7 Å². The largest absolute Gasteiger partial charge is 0.370 e. The van der Waals surface area contributed by atoms with Crippen molar-refractivity contribution >= 4 is 35.6 Å². The van der Waals surface area contributed by atoms with Crippen LogP contribution in [0.25, 0.3) is 5.65 Å². The maximum absolute atomic E-state index is 6.03. The fourth-order valence-electron chi connectivity index (χ4n) is 3.48. The maximum atomic E-state index is 6.03. The summed E-state index contributed by atoms with van der Waals surface area (Å²) in [6.07, 6.45) is 2.02. The van der Waals surface area contributed by atoms with Crippen molar-refractivity contribution in [2.45, 2.75) is 19.6 Å². The molecule has 1 fully saturated rings. The van der Waals surface area contributed by atoms with E-state index in [-0.39, 0.29) is 30.1 Å². The summed E-state index contributed by atoms with van der Waals surface area (Å²) in [5.74, 6) is 1.71. The van der Waals surface area contributed by atoms with Crippen molar-refractivity contribution in [2.24, 2.45) is 4.99 Å². The molecule has 148 valence electrons. The van der Waals surface area contributed by atoms with E-state index in [1.807, 2.05) is 35.8 Å². The van der Waals surface area contributed by atoms with Crippen molar-refractivity contribution in [2.75, 3.05) is 26.7 Å². The molecule has 1 aromatic carbocycles. The highest BCUT2D eigenvalue weighted by Crippen LogP contribution is 2.25. The molecule has 0 amide bonds. The number of fused-ring (bicyclic) bond motifs is 1. The van der Waals surface area contributed by atoms with Gasteiger partial charge in [-0.05, 0) is 30.2 Å². The number of aromatic nitrogens is 3. The van der Waals surface area contributed by atoms with Gasteiger partial charge in [-0.1, -0.05) is 30.3 Å². The number of nitrogens with one attached hydrogen (secondary N) is 1. The summed E-state index contributed by atoms with van der Waals surface area (Å²) >= 11 is 0. The molecule has 0 aliphatic carbocycles. The number of morpholine rings is 1. The maximum Gasteiger partial charge on any atom is 0.194 e. The molecule has 4 rings (SSSR count). The summed E-state index contributed by atoms with van der Waals surface area (Å²) in [4.78, 5) is 6.70. The van der Waals surface area contributed by atoms with Gasteiger partial charge in [0.15, 0.2) is 17.4 Å². The van der Waals surface area contributed by atoms with Gasteiger partial charge in [-0.3, -0.25) is 9.39 Å². The molecule has 28 heavy (non-hydrogen) atoms. The average Bonchev–Trinajstić information content (AvgIpc) is 3.12. The van der Waals surface area contributed by atoms with E-state index in [0.717, 1.165) is 30.5 Å². The zero-order valence-electron chi connectivity index (χ0n) is 16.1. The van der Waals surface area contributed by atoms with Crippen LogP contribution < -0.4 is 5.32 Å². The van der Waals surface area contributed by atoms with Crippen LogP contribution in [0, 0.1) is 6.92 Å². The first-order chi connectivity index (χ1) is 13.3. The summed E-state index contributed by atoms with van der Waals surface area (Å²) < 4.78 is 8.01. The van der Waals surface area contributed by atoms with Crippen LogP contribution in [-0.2, 0) is 11.3 Å². The number of benzene rings is 1. The van der Waals surface area contributed by atoms with Crippen molar-refractivity contribution in [3.05, 3.63) is 65.6 Å². The Bertz CT molecular complexity index is 957. The van der Waals surface area contributed by atoms with Gasteiger partial charge in [-0.2, -0.15) is 0 Å². The van der Waals surface area contributed by atoms with Crippen LogP contribution in [0.3, 0.4) is 0 Å². The van der Waals surface area contributed by atoms with Gasteiger partial charge in [0.2, 0.25) is 0 Å². The molecular weight excluding hydrogens is 467 g/mol. The highest BCUT2D eigenvalue weighted by molar-refractivity contribution is 14.0. The standard InChI is InChI=1S/C20H24N6O.HI/c1-15-7-3-4-8-16(15)17-14-25(11-12-27-17)20(21-2)22-13-19-24-23-18-9-5-6-10-26(18)19;/h3-10,17H,11-14H2,1-2H3,(H,21,22);1H. The number of hydrogen-bond donors (Lipinski definition) is 1. The van der Waals surface area contributed by atoms with E-state index in [0.29, 0.717) is 13.2 Å². The third kappa shape index (κ3) is 4.27. The highest BCUT2D eigenvalue weighted by atomic mass is 127. The average molecular weight is 492 g/mol. The molecule has 1 atom stereocenters. The van der Waals surface area contributed by atoms with Gasteiger partial charge in [0, 0.05) is 19.8 Å². The normalized spacial score (nSPS) is 17.4. The number of guanidine groups is 1. The van der Waals surface area contributed by atoms with Crippen molar-refractivity contribution < 1.29 is 4.74 Å². The minimum atomic E-state index is 0. The molecule has 0 saturated carbocycles. The molecule has 1 N–H and O–H groups in total. The Morgan fingerprint density at radius 2 is 2.04 bits per heavy atom. The molecule has 2 aromatic heterocycles. The molecule has 0 bridgehead atoms. The Balaban J connectivity index is 0.00000225. The van der Waals surface area contributed by atoms with Gasteiger partial charge < -0.3 is 15.0 Å². The monoisotopic (exact) mass is 492 g/mol. The summed E-state index contributed by atoms with van der Waals surface area (Å²) in [5.41, 5.74) is 3.33. The van der Waals surface area contributed by atoms with E-state index < -0.39 is 0 Å². The predicted octanol–water partition coefficient (Wildman–Crippen LogP) is 2.80. The number of rotatable bonds is 3. The zero-order chi connectivity index (χ0) is 18.6. The third-order valence-corrected chi connectivity index (χ3v) is 4.90. The number of aryl methyl sites for hydroxylation is 1. The lowest BCUT2D eigenvalue weighted by atomic mass is 10.0. The number of halogens is 1. The van der Waals surface area contributed by atoms with Crippen molar-refractivity contribution in [3.63, 3.8) is 0 Å².